The van der Waals surface area contributed by atoms with Gasteiger partial charge in [-0.3, -0.25) is 4.79 Å². The van der Waals surface area contributed by atoms with Gasteiger partial charge in [0, 0.05) is 10.9 Å². The molecular weight excluding hydrogens is 270 g/mol. The van der Waals surface area contributed by atoms with Crippen molar-refractivity contribution in [3.8, 4) is 0 Å². The lowest BCUT2D eigenvalue weighted by Gasteiger charge is -2.27. The van der Waals surface area contributed by atoms with Crippen LogP contribution in [-0.2, 0) is 4.79 Å². The molecule has 1 aromatic rings. The maximum atomic E-state index is 12.1. The number of hydrogen-bond donors (Lipinski definition) is 2. The van der Waals surface area contributed by atoms with E-state index in [-0.39, 0.29) is 24.0 Å². The molecule has 3 nitrogen and oxygen atoms in total. The largest absolute Gasteiger partial charge is 0.393 e. The summed E-state index contributed by atoms with van der Waals surface area (Å²) in [5, 5.41) is 12.5. The Kier molecular flexibility index (Phi) is 4.65. The van der Waals surface area contributed by atoms with Crippen LogP contribution in [0, 0.1) is 0 Å². The minimum atomic E-state index is -0.188. The number of nitrogens with one attached hydrogen (secondary N) is 1. The van der Waals surface area contributed by atoms with Crippen LogP contribution in [0.25, 0.3) is 0 Å². The third kappa shape index (κ3) is 3.46. The van der Waals surface area contributed by atoms with E-state index in [1.54, 1.807) is 0 Å². The normalized spacial score (nSPS) is 25.7. The molecule has 0 spiro atoms. The lowest BCUT2D eigenvalue weighted by atomic mass is 9.92. The van der Waals surface area contributed by atoms with Crippen molar-refractivity contribution < 1.29 is 9.90 Å². The van der Waals surface area contributed by atoms with Crippen LogP contribution in [0.15, 0.2) is 12.1 Å². The van der Waals surface area contributed by atoms with E-state index >= 15 is 0 Å². The number of aliphatic hydroxyl groups is 1. The SMILES string of the molecule is CC(C(=O)NC1CCC(O)CC1)c1ccc(Cl)s1. The van der Waals surface area contributed by atoms with E-state index in [4.69, 9.17) is 11.6 Å². The Bertz CT molecular complexity index is 413. The maximum Gasteiger partial charge on any atom is 0.228 e. The lowest BCUT2D eigenvalue weighted by molar-refractivity contribution is -0.123. The molecule has 1 unspecified atom stereocenters. The van der Waals surface area contributed by atoms with Crippen molar-refractivity contribution in [1.82, 2.24) is 5.32 Å². The van der Waals surface area contributed by atoms with Crippen LogP contribution in [-0.4, -0.2) is 23.2 Å². The van der Waals surface area contributed by atoms with Gasteiger partial charge in [-0.1, -0.05) is 11.6 Å². The van der Waals surface area contributed by atoms with Crippen LogP contribution in [0.4, 0.5) is 0 Å². The summed E-state index contributed by atoms with van der Waals surface area (Å²) >= 11 is 7.33. The van der Waals surface area contributed by atoms with Crippen molar-refractivity contribution in [2.24, 2.45) is 0 Å². The van der Waals surface area contributed by atoms with E-state index in [1.165, 1.54) is 11.3 Å². The highest BCUT2D eigenvalue weighted by Crippen LogP contribution is 2.28. The molecule has 0 aromatic carbocycles. The van der Waals surface area contributed by atoms with E-state index in [2.05, 4.69) is 5.32 Å². The number of amides is 1. The van der Waals surface area contributed by atoms with E-state index in [9.17, 15) is 9.90 Å². The standard InChI is InChI=1S/C13H18ClNO2S/c1-8(11-6-7-12(14)18-11)13(17)15-9-2-4-10(16)5-3-9/h6-10,16H,2-5H2,1H3,(H,15,17). The average Bonchev–Trinajstić information content (AvgIpc) is 2.78. The van der Waals surface area contributed by atoms with Gasteiger partial charge >= 0.3 is 0 Å². The van der Waals surface area contributed by atoms with Crippen molar-refractivity contribution in [2.75, 3.05) is 0 Å². The molecule has 1 amide bonds. The molecular formula is C13H18ClNO2S. The maximum absolute atomic E-state index is 12.1. The summed E-state index contributed by atoms with van der Waals surface area (Å²) in [6.45, 7) is 1.90. The number of halogens is 1. The van der Waals surface area contributed by atoms with Gasteiger partial charge in [-0.2, -0.15) is 0 Å². The van der Waals surface area contributed by atoms with Crippen LogP contribution in [0.1, 0.15) is 43.4 Å². The van der Waals surface area contributed by atoms with E-state index in [0.29, 0.717) is 4.34 Å². The molecule has 0 aliphatic heterocycles. The van der Waals surface area contributed by atoms with Gasteiger partial charge in [0.25, 0.3) is 0 Å². The fraction of sp³-hybridized carbons (Fsp3) is 0.615. The minimum absolute atomic E-state index is 0.0508. The number of hydrogen-bond acceptors (Lipinski definition) is 3. The van der Waals surface area contributed by atoms with Gasteiger partial charge < -0.3 is 10.4 Å². The molecule has 0 saturated heterocycles. The van der Waals surface area contributed by atoms with Crippen LogP contribution in [0.3, 0.4) is 0 Å². The minimum Gasteiger partial charge on any atom is -0.393 e. The summed E-state index contributed by atoms with van der Waals surface area (Å²) in [5.74, 6) is -0.107. The van der Waals surface area contributed by atoms with Crippen LogP contribution < -0.4 is 5.32 Å². The Labute approximate surface area is 116 Å². The molecule has 1 saturated carbocycles. The summed E-state index contributed by atoms with van der Waals surface area (Å²) in [6.07, 6.45) is 3.11. The summed E-state index contributed by atoms with van der Waals surface area (Å²) < 4.78 is 0.713. The predicted octanol–water partition coefficient (Wildman–Crippen LogP) is 2.92. The summed E-state index contributed by atoms with van der Waals surface area (Å²) in [4.78, 5) is 13.1. The fourth-order valence-electron chi connectivity index (χ4n) is 2.24. The molecule has 1 aliphatic rings. The van der Waals surface area contributed by atoms with Gasteiger partial charge in [0.1, 0.15) is 0 Å². The first-order valence-electron chi connectivity index (χ1n) is 6.30. The highest BCUT2D eigenvalue weighted by atomic mass is 35.5. The van der Waals surface area contributed by atoms with Gasteiger partial charge in [0.05, 0.1) is 16.4 Å². The zero-order chi connectivity index (χ0) is 13.1. The van der Waals surface area contributed by atoms with Crippen molar-refractivity contribution in [2.45, 2.75) is 50.7 Å². The fourth-order valence-corrected chi connectivity index (χ4v) is 3.35. The third-order valence-electron chi connectivity index (χ3n) is 3.46. The molecule has 0 radical (unpaired) electrons. The molecule has 1 aliphatic carbocycles. The topological polar surface area (TPSA) is 49.3 Å². The van der Waals surface area contributed by atoms with Gasteiger partial charge in [0.2, 0.25) is 5.91 Å². The third-order valence-corrected chi connectivity index (χ3v) is 4.87. The average molecular weight is 288 g/mol. The summed E-state index contributed by atoms with van der Waals surface area (Å²) in [7, 11) is 0. The molecule has 1 heterocycles. The molecule has 1 aromatic heterocycles. The van der Waals surface area contributed by atoms with Crippen molar-refractivity contribution in [1.29, 1.82) is 0 Å². The lowest BCUT2D eigenvalue weighted by Crippen LogP contribution is -2.40. The molecule has 2 rings (SSSR count). The Morgan fingerprint density at radius 3 is 2.67 bits per heavy atom. The van der Waals surface area contributed by atoms with Gasteiger partial charge in [0.15, 0.2) is 0 Å². The molecule has 1 atom stereocenters. The molecule has 2 N–H and O–H groups in total. The summed E-state index contributed by atoms with van der Waals surface area (Å²) in [6, 6.07) is 3.93. The Hall–Kier alpha value is -0.580. The Morgan fingerprint density at radius 2 is 2.11 bits per heavy atom. The zero-order valence-electron chi connectivity index (χ0n) is 10.4. The molecule has 5 heteroatoms. The first-order chi connectivity index (χ1) is 8.56. The van der Waals surface area contributed by atoms with E-state index in [0.717, 1.165) is 30.6 Å². The smallest absolute Gasteiger partial charge is 0.228 e. The Balaban J connectivity index is 1.88. The number of rotatable bonds is 3. The van der Waals surface area contributed by atoms with Crippen LogP contribution >= 0.6 is 22.9 Å². The quantitative estimate of drug-likeness (QED) is 0.898. The summed E-state index contributed by atoms with van der Waals surface area (Å²) in [5.41, 5.74) is 0. The van der Waals surface area contributed by atoms with E-state index in [1.807, 2.05) is 19.1 Å². The molecule has 0 bridgehead atoms. The van der Waals surface area contributed by atoms with Crippen molar-refractivity contribution in [3.63, 3.8) is 0 Å². The second-order valence-corrected chi connectivity index (χ2v) is 6.62. The number of aliphatic hydroxyl groups excluding tert-OH is 1. The second-order valence-electron chi connectivity index (χ2n) is 4.88. The number of carbonyl (C=O) groups is 1. The zero-order valence-corrected chi connectivity index (χ0v) is 11.9. The molecule has 1 fully saturated rings. The highest BCUT2D eigenvalue weighted by molar-refractivity contribution is 7.16. The first-order valence-corrected chi connectivity index (χ1v) is 7.49. The van der Waals surface area contributed by atoms with E-state index < -0.39 is 0 Å². The molecule has 100 valence electrons. The first kappa shape index (κ1) is 13.8. The van der Waals surface area contributed by atoms with Gasteiger partial charge in [-0.05, 0) is 44.7 Å². The van der Waals surface area contributed by atoms with Gasteiger partial charge in [-0.15, -0.1) is 11.3 Å². The van der Waals surface area contributed by atoms with Crippen molar-refractivity contribution >= 4 is 28.8 Å². The number of thiophene rings is 1. The monoisotopic (exact) mass is 287 g/mol. The predicted molar refractivity (Wildman–Crippen MR) is 74.1 cm³/mol. The van der Waals surface area contributed by atoms with Gasteiger partial charge in [-0.25, -0.2) is 0 Å². The van der Waals surface area contributed by atoms with Crippen LogP contribution in [0.5, 0.6) is 0 Å². The molecule has 18 heavy (non-hydrogen) atoms. The Morgan fingerprint density at radius 1 is 1.44 bits per heavy atom. The highest BCUT2D eigenvalue weighted by Gasteiger charge is 2.24. The van der Waals surface area contributed by atoms with Crippen LogP contribution in [0.2, 0.25) is 4.34 Å². The van der Waals surface area contributed by atoms with Crippen molar-refractivity contribution in [3.05, 3.63) is 21.3 Å². The number of carbonyl (C=O) groups excluding carboxylic acids is 1. The second kappa shape index (κ2) is 6.04.